The normalized spacial score (nSPS) is 10.1. The van der Waals surface area contributed by atoms with E-state index < -0.39 is 0 Å². The second kappa shape index (κ2) is 5.56. The van der Waals surface area contributed by atoms with Crippen molar-refractivity contribution in [1.29, 1.82) is 0 Å². The van der Waals surface area contributed by atoms with Crippen LogP contribution in [0.1, 0.15) is 0 Å². The molecular formula is C11H13N5OS. The number of nitrogens with two attached hydrogens (primary N) is 2. The van der Waals surface area contributed by atoms with Gasteiger partial charge in [-0.3, -0.25) is 0 Å². The summed E-state index contributed by atoms with van der Waals surface area (Å²) in [6.07, 6.45) is 0. The smallest absolute Gasteiger partial charge is 0.223 e. The van der Waals surface area contributed by atoms with E-state index in [1.54, 1.807) is 13.2 Å². The van der Waals surface area contributed by atoms with Gasteiger partial charge in [-0.2, -0.15) is 4.98 Å². The van der Waals surface area contributed by atoms with Crippen molar-refractivity contribution in [1.82, 2.24) is 9.97 Å². The SMILES string of the molecule is COc1ccccc1Sc1cc(NN)nc(N)n1. The Morgan fingerprint density at radius 3 is 2.78 bits per heavy atom. The fourth-order valence-electron chi connectivity index (χ4n) is 1.38. The van der Waals surface area contributed by atoms with Gasteiger partial charge in [-0.15, -0.1) is 0 Å². The Labute approximate surface area is 109 Å². The van der Waals surface area contributed by atoms with Crippen molar-refractivity contribution in [3.05, 3.63) is 30.3 Å². The second-order valence-corrected chi connectivity index (χ2v) is 4.41. The molecule has 0 saturated carbocycles. The van der Waals surface area contributed by atoms with Crippen molar-refractivity contribution in [2.45, 2.75) is 9.92 Å². The maximum absolute atomic E-state index is 5.60. The Kier molecular flexibility index (Phi) is 3.85. The van der Waals surface area contributed by atoms with E-state index in [0.29, 0.717) is 10.8 Å². The molecule has 94 valence electrons. The number of para-hydroxylation sites is 1. The predicted octanol–water partition coefficient (Wildman–Crippen LogP) is 1.50. The largest absolute Gasteiger partial charge is 0.496 e. The van der Waals surface area contributed by atoms with Crippen LogP contribution in [0.2, 0.25) is 0 Å². The monoisotopic (exact) mass is 263 g/mol. The molecule has 1 heterocycles. The molecule has 6 nitrogen and oxygen atoms in total. The summed E-state index contributed by atoms with van der Waals surface area (Å²) in [5, 5.41) is 0.694. The molecule has 0 spiro atoms. The standard InChI is InChI=1S/C11H13N5OS/c1-17-7-4-2-3-5-8(7)18-10-6-9(16-13)14-11(12)15-10/h2-6H,13H2,1H3,(H3,12,14,15,16). The van der Waals surface area contributed by atoms with Gasteiger partial charge in [0.15, 0.2) is 0 Å². The lowest BCUT2D eigenvalue weighted by atomic mass is 10.3. The predicted molar refractivity (Wildman–Crippen MR) is 71.4 cm³/mol. The van der Waals surface area contributed by atoms with Crippen LogP contribution in [0.4, 0.5) is 11.8 Å². The van der Waals surface area contributed by atoms with Gasteiger partial charge >= 0.3 is 0 Å². The number of nitrogens with zero attached hydrogens (tertiary/aromatic N) is 2. The molecule has 1 aromatic carbocycles. The molecule has 2 rings (SSSR count). The van der Waals surface area contributed by atoms with Gasteiger partial charge in [-0.25, -0.2) is 10.8 Å². The molecule has 0 unspecified atom stereocenters. The molecule has 5 N–H and O–H groups in total. The molecule has 0 saturated heterocycles. The Bertz CT molecular complexity index is 549. The number of methoxy groups -OCH3 is 1. The van der Waals surface area contributed by atoms with E-state index in [1.807, 2.05) is 24.3 Å². The van der Waals surface area contributed by atoms with E-state index in [9.17, 15) is 0 Å². The zero-order valence-corrected chi connectivity index (χ0v) is 10.6. The minimum atomic E-state index is 0.169. The molecular weight excluding hydrogens is 250 g/mol. The summed E-state index contributed by atoms with van der Waals surface area (Å²) in [5.41, 5.74) is 8.04. The van der Waals surface area contributed by atoms with E-state index in [4.69, 9.17) is 16.3 Å². The summed E-state index contributed by atoms with van der Waals surface area (Å²) in [7, 11) is 1.63. The van der Waals surface area contributed by atoms with Crippen LogP contribution in [-0.4, -0.2) is 17.1 Å². The highest BCUT2D eigenvalue weighted by Gasteiger charge is 2.07. The van der Waals surface area contributed by atoms with Gasteiger partial charge in [-0.05, 0) is 12.1 Å². The summed E-state index contributed by atoms with van der Waals surface area (Å²) in [5.74, 6) is 6.73. The summed E-state index contributed by atoms with van der Waals surface area (Å²) in [6, 6.07) is 9.38. The van der Waals surface area contributed by atoms with Crippen LogP contribution in [0.25, 0.3) is 0 Å². The first-order chi connectivity index (χ1) is 8.72. The first kappa shape index (κ1) is 12.5. The molecule has 0 atom stereocenters. The number of anilines is 2. The molecule has 2 aromatic rings. The molecule has 0 aliphatic heterocycles. The van der Waals surface area contributed by atoms with Crippen molar-refractivity contribution >= 4 is 23.5 Å². The van der Waals surface area contributed by atoms with Crippen LogP contribution in [0.5, 0.6) is 5.75 Å². The summed E-state index contributed by atoms with van der Waals surface area (Å²) in [6.45, 7) is 0. The summed E-state index contributed by atoms with van der Waals surface area (Å²) >= 11 is 1.43. The number of aromatic nitrogens is 2. The highest BCUT2D eigenvalue weighted by molar-refractivity contribution is 7.99. The number of hydrogen-bond acceptors (Lipinski definition) is 7. The number of nitrogens with one attached hydrogen (secondary N) is 1. The highest BCUT2D eigenvalue weighted by atomic mass is 32.2. The first-order valence-corrected chi connectivity index (χ1v) is 5.96. The van der Waals surface area contributed by atoms with Crippen molar-refractivity contribution in [3.63, 3.8) is 0 Å². The van der Waals surface area contributed by atoms with Gasteiger partial charge in [0.05, 0.1) is 12.0 Å². The first-order valence-electron chi connectivity index (χ1n) is 5.15. The van der Waals surface area contributed by atoms with Crippen molar-refractivity contribution in [3.8, 4) is 5.75 Å². The van der Waals surface area contributed by atoms with E-state index in [1.165, 1.54) is 11.8 Å². The van der Waals surface area contributed by atoms with E-state index in [2.05, 4.69) is 15.4 Å². The van der Waals surface area contributed by atoms with E-state index in [0.717, 1.165) is 10.6 Å². The lowest BCUT2D eigenvalue weighted by Crippen LogP contribution is -2.10. The van der Waals surface area contributed by atoms with Gasteiger partial charge in [0.2, 0.25) is 5.95 Å². The van der Waals surface area contributed by atoms with E-state index >= 15 is 0 Å². The molecule has 18 heavy (non-hydrogen) atoms. The molecule has 0 radical (unpaired) electrons. The average Bonchev–Trinajstić information content (AvgIpc) is 2.38. The lowest BCUT2D eigenvalue weighted by molar-refractivity contribution is 0.405. The molecule has 0 bridgehead atoms. The molecule has 0 aliphatic carbocycles. The van der Waals surface area contributed by atoms with Crippen LogP contribution >= 0.6 is 11.8 Å². The van der Waals surface area contributed by atoms with Crippen molar-refractivity contribution in [2.24, 2.45) is 5.84 Å². The third-order valence-corrected chi connectivity index (χ3v) is 3.13. The highest BCUT2D eigenvalue weighted by Crippen LogP contribution is 2.34. The minimum absolute atomic E-state index is 0.169. The van der Waals surface area contributed by atoms with Crippen LogP contribution in [0.15, 0.2) is 40.3 Å². The molecule has 0 fully saturated rings. The van der Waals surface area contributed by atoms with Gasteiger partial charge in [0.1, 0.15) is 16.6 Å². The number of hydrogen-bond donors (Lipinski definition) is 3. The zero-order chi connectivity index (χ0) is 13.0. The topological polar surface area (TPSA) is 99.1 Å². The summed E-state index contributed by atoms with van der Waals surface area (Å²) < 4.78 is 5.27. The van der Waals surface area contributed by atoms with Crippen LogP contribution in [0, 0.1) is 0 Å². The number of benzene rings is 1. The quantitative estimate of drug-likeness (QED) is 0.436. The Morgan fingerprint density at radius 2 is 2.06 bits per heavy atom. The fourth-order valence-corrected chi connectivity index (χ4v) is 2.32. The third kappa shape index (κ3) is 2.82. The number of nitrogen functional groups attached to an aromatic ring is 2. The van der Waals surface area contributed by atoms with Gasteiger partial charge in [0.25, 0.3) is 0 Å². The van der Waals surface area contributed by atoms with Gasteiger partial charge in [-0.1, -0.05) is 23.9 Å². The second-order valence-electron chi connectivity index (χ2n) is 3.35. The summed E-state index contributed by atoms with van der Waals surface area (Å²) in [4.78, 5) is 9.00. The van der Waals surface area contributed by atoms with Crippen molar-refractivity contribution in [2.75, 3.05) is 18.3 Å². The number of rotatable bonds is 4. The lowest BCUT2D eigenvalue weighted by Gasteiger charge is -2.08. The molecule has 7 heteroatoms. The third-order valence-electron chi connectivity index (χ3n) is 2.15. The van der Waals surface area contributed by atoms with E-state index in [-0.39, 0.29) is 5.95 Å². The maximum Gasteiger partial charge on any atom is 0.223 e. The number of hydrazine groups is 1. The number of ether oxygens (including phenoxy) is 1. The Morgan fingerprint density at radius 1 is 1.28 bits per heavy atom. The van der Waals surface area contributed by atoms with Crippen LogP contribution in [0.3, 0.4) is 0 Å². The van der Waals surface area contributed by atoms with Crippen molar-refractivity contribution < 1.29 is 4.74 Å². The van der Waals surface area contributed by atoms with Gasteiger partial charge in [0, 0.05) is 6.07 Å². The molecule has 0 aliphatic rings. The Balaban J connectivity index is 2.30. The molecule has 1 aromatic heterocycles. The zero-order valence-electron chi connectivity index (χ0n) is 9.75. The minimum Gasteiger partial charge on any atom is -0.496 e. The van der Waals surface area contributed by atoms with Gasteiger partial charge < -0.3 is 15.9 Å². The van der Waals surface area contributed by atoms with Crippen LogP contribution < -0.4 is 21.7 Å². The Hall–Kier alpha value is -1.99. The molecule has 0 amide bonds. The van der Waals surface area contributed by atoms with Crippen LogP contribution in [-0.2, 0) is 0 Å². The maximum atomic E-state index is 5.60. The fraction of sp³-hybridized carbons (Fsp3) is 0.0909. The average molecular weight is 263 g/mol.